The molecule has 2 aromatic rings. The highest BCUT2D eigenvalue weighted by Crippen LogP contribution is 2.22. The lowest BCUT2D eigenvalue weighted by atomic mass is 10.2. The minimum Gasteiger partial charge on any atom is -0.385 e. The number of methoxy groups -OCH3 is 1. The summed E-state index contributed by atoms with van der Waals surface area (Å²) < 4.78 is 7.14. The van der Waals surface area contributed by atoms with Gasteiger partial charge in [-0.15, -0.1) is 0 Å². The normalized spacial score (nSPS) is 13.2. The van der Waals surface area contributed by atoms with Gasteiger partial charge in [-0.25, -0.2) is 4.98 Å². The van der Waals surface area contributed by atoms with Gasteiger partial charge in [0.15, 0.2) is 0 Å². The molecule has 0 aliphatic rings. The third kappa shape index (κ3) is 2.18. The van der Waals surface area contributed by atoms with Crippen LogP contribution in [0, 0.1) is 6.92 Å². The molecule has 1 atom stereocenters. The molecule has 4 heteroatoms. The van der Waals surface area contributed by atoms with Gasteiger partial charge in [0.25, 0.3) is 0 Å². The van der Waals surface area contributed by atoms with Crippen molar-refractivity contribution in [1.82, 2.24) is 9.55 Å². The van der Waals surface area contributed by atoms with Crippen LogP contribution in [0.2, 0.25) is 0 Å². The molecule has 17 heavy (non-hydrogen) atoms. The van der Waals surface area contributed by atoms with Gasteiger partial charge in [-0.1, -0.05) is 12.1 Å². The average Bonchev–Trinajstić information content (AvgIpc) is 2.65. The topological polar surface area (TPSA) is 53.1 Å². The number of nitrogens with zero attached hydrogens (tertiary/aromatic N) is 2. The van der Waals surface area contributed by atoms with Crippen LogP contribution in [-0.4, -0.2) is 23.3 Å². The second-order valence-electron chi connectivity index (χ2n) is 4.36. The molecule has 92 valence electrons. The van der Waals surface area contributed by atoms with Crippen LogP contribution in [0.25, 0.3) is 11.0 Å². The molecular formula is C13H19N3O. The van der Waals surface area contributed by atoms with Gasteiger partial charge in [0.05, 0.1) is 17.1 Å². The first-order chi connectivity index (χ1) is 8.15. The Morgan fingerprint density at radius 2 is 2.24 bits per heavy atom. The van der Waals surface area contributed by atoms with Gasteiger partial charge in [-0.2, -0.15) is 0 Å². The fourth-order valence-corrected chi connectivity index (χ4v) is 2.19. The maximum atomic E-state index is 6.13. The Hall–Kier alpha value is -1.39. The van der Waals surface area contributed by atoms with Crippen LogP contribution < -0.4 is 5.73 Å². The molecule has 2 rings (SSSR count). The van der Waals surface area contributed by atoms with E-state index in [-0.39, 0.29) is 6.04 Å². The zero-order chi connectivity index (χ0) is 12.4. The number of imidazole rings is 1. The third-order valence-electron chi connectivity index (χ3n) is 3.10. The molecule has 0 saturated carbocycles. The summed E-state index contributed by atoms with van der Waals surface area (Å²) in [5.41, 5.74) is 9.53. The third-order valence-corrected chi connectivity index (χ3v) is 3.10. The van der Waals surface area contributed by atoms with E-state index in [9.17, 15) is 0 Å². The molecule has 0 saturated heterocycles. The first-order valence-electron chi connectivity index (χ1n) is 5.81. The van der Waals surface area contributed by atoms with E-state index in [1.54, 1.807) is 7.11 Å². The molecule has 0 amide bonds. The molecule has 1 aromatic heterocycles. The van der Waals surface area contributed by atoms with E-state index in [0.717, 1.165) is 23.3 Å². The Morgan fingerprint density at radius 3 is 2.88 bits per heavy atom. The molecule has 0 bridgehead atoms. The fraction of sp³-hybridized carbons (Fsp3) is 0.462. The molecule has 0 spiro atoms. The minimum absolute atomic E-state index is 0.0771. The molecule has 0 aliphatic heterocycles. The molecular weight excluding hydrogens is 214 g/mol. The fourth-order valence-electron chi connectivity index (χ4n) is 2.19. The highest BCUT2D eigenvalue weighted by molar-refractivity contribution is 5.79. The van der Waals surface area contributed by atoms with Crippen molar-refractivity contribution >= 4 is 11.0 Å². The van der Waals surface area contributed by atoms with Gasteiger partial charge >= 0.3 is 0 Å². The van der Waals surface area contributed by atoms with Crippen molar-refractivity contribution in [3.63, 3.8) is 0 Å². The molecule has 0 radical (unpaired) electrons. The standard InChI is InChI=1S/C13H19N3O/c1-9-5-4-6-11-12(9)16(2)13(15-11)10(14)7-8-17-3/h4-6,10H,7-8,14H2,1-3H3. The van der Waals surface area contributed by atoms with E-state index < -0.39 is 0 Å². The maximum absolute atomic E-state index is 6.13. The van der Waals surface area contributed by atoms with Crippen molar-refractivity contribution in [2.45, 2.75) is 19.4 Å². The molecule has 0 fully saturated rings. The van der Waals surface area contributed by atoms with Crippen molar-refractivity contribution < 1.29 is 4.74 Å². The van der Waals surface area contributed by atoms with Crippen LogP contribution in [0.1, 0.15) is 23.9 Å². The zero-order valence-electron chi connectivity index (χ0n) is 10.6. The van der Waals surface area contributed by atoms with Crippen molar-refractivity contribution in [3.8, 4) is 0 Å². The second-order valence-corrected chi connectivity index (χ2v) is 4.36. The number of nitrogens with two attached hydrogens (primary N) is 1. The smallest absolute Gasteiger partial charge is 0.126 e. The molecule has 0 aliphatic carbocycles. The Kier molecular flexibility index (Phi) is 3.45. The first kappa shape index (κ1) is 12.1. The number of rotatable bonds is 4. The van der Waals surface area contributed by atoms with E-state index in [2.05, 4.69) is 22.5 Å². The van der Waals surface area contributed by atoms with Gasteiger partial charge in [0.2, 0.25) is 0 Å². The molecule has 1 heterocycles. The van der Waals surface area contributed by atoms with E-state index in [0.29, 0.717) is 6.61 Å². The number of benzene rings is 1. The lowest BCUT2D eigenvalue weighted by Gasteiger charge is -2.11. The predicted molar refractivity (Wildman–Crippen MR) is 68.9 cm³/mol. The number of para-hydroxylation sites is 1. The SMILES string of the molecule is COCCC(N)c1nc2cccc(C)c2n1C. The summed E-state index contributed by atoms with van der Waals surface area (Å²) in [6.07, 6.45) is 0.784. The van der Waals surface area contributed by atoms with Crippen LogP contribution >= 0.6 is 0 Å². The van der Waals surface area contributed by atoms with Crippen LogP contribution in [0.4, 0.5) is 0 Å². The lowest BCUT2D eigenvalue weighted by Crippen LogP contribution is -2.17. The first-order valence-corrected chi connectivity index (χ1v) is 5.81. The molecule has 2 N–H and O–H groups in total. The van der Waals surface area contributed by atoms with Gasteiger partial charge in [0, 0.05) is 20.8 Å². The summed E-state index contributed by atoms with van der Waals surface area (Å²) >= 11 is 0. The summed E-state index contributed by atoms with van der Waals surface area (Å²) in [4.78, 5) is 4.61. The van der Waals surface area contributed by atoms with Crippen molar-refractivity contribution in [1.29, 1.82) is 0 Å². The second kappa shape index (κ2) is 4.85. The quantitative estimate of drug-likeness (QED) is 0.877. The predicted octanol–water partition coefficient (Wildman–Crippen LogP) is 1.92. The molecule has 4 nitrogen and oxygen atoms in total. The summed E-state index contributed by atoms with van der Waals surface area (Å²) in [5, 5.41) is 0. The number of aryl methyl sites for hydroxylation is 2. The van der Waals surface area contributed by atoms with Gasteiger partial charge in [-0.05, 0) is 25.0 Å². The molecule has 1 unspecified atom stereocenters. The van der Waals surface area contributed by atoms with Crippen molar-refractivity contribution in [3.05, 3.63) is 29.6 Å². The van der Waals surface area contributed by atoms with Crippen molar-refractivity contribution in [2.24, 2.45) is 12.8 Å². The van der Waals surface area contributed by atoms with Gasteiger partial charge < -0.3 is 15.0 Å². The Balaban J connectivity index is 2.42. The number of fused-ring (bicyclic) bond motifs is 1. The highest BCUT2D eigenvalue weighted by Gasteiger charge is 2.15. The summed E-state index contributed by atoms with van der Waals surface area (Å²) in [5.74, 6) is 0.923. The zero-order valence-corrected chi connectivity index (χ0v) is 10.6. The number of hydrogen-bond donors (Lipinski definition) is 1. The summed E-state index contributed by atoms with van der Waals surface area (Å²) in [6.45, 7) is 2.75. The Bertz CT molecular complexity index is 519. The monoisotopic (exact) mass is 233 g/mol. The number of ether oxygens (including phenoxy) is 1. The largest absolute Gasteiger partial charge is 0.385 e. The van der Waals surface area contributed by atoms with Crippen LogP contribution in [0.5, 0.6) is 0 Å². The molecule has 1 aromatic carbocycles. The van der Waals surface area contributed by atoms with Gasteiger partial charge in [-0.3, -0.25) is 0 Å². The summed E-state index contributed by atoms with van der Waals surface area (Å²) in [7, 11) is 3.70. The van der Waals surface area contributed by atoms with Crippen LogP contribution in [-0.2, 0) is 11.8 Å². The maximum Gasteiger partial charge on any atom is 0.126 e. The van der Waals surface area contributed by atoms with E-state index in [4.69, 9.17) is 10.5 Å². The number of hydrogen-bond acceptors (Lipinski definition) is 3. The van der Waals surface area contributed by atoms with Crippen LogP contribution in [0.3, 0.4) is 0 Å². The Morgan fingerprint density at radius 1 is 1.47 bits per heavy atom. The lowest BCUT2D eigenvalue weighted by molar-refractivity contribution is 0.187. The van der Waals surface area contributed by atoms with E-state index in [1.165, 1.54) is 5.56 Å². The number of aromatic nitrogens is 2. The van der Waals surface area contributed by atoms with Crippen molar-refractivity contribution in [2.75, 3.05) is 13.7 Å². The Labute approximate surface area is 101 Å². The minimum atomic E-state index is -0.0771. The van der Waals surface area contributed by atoms with E-state index >= 15 is 0 Å². The van der Waals surface area contributed by atoms with Crippen LogP contribution in [0.15, 0.2) is 18.2 Å². The van der Waals surface area contributed by atoms with Gasteiger partial charge in [0.1, 0.15) is 5.82 Å². The summed E-state index contributed by atoms with van der Waals surface area (Å²) in [6, 6.07) is 6.06. The highest BCUT2D eigenvalue weighted by atomic mass is 16.5. The average molecular weight is 233 g/mol. The van der Waals surface area contributed by atoms with E-state index in [1.807, 2.05) is 19.2 Å².